The fraction of sp³-hybridized carbons (Fsp3) is 0.214. The van der Waals surface area contributed by atoms with Gasteiger partial charge in [0.15, 0.2) is 0 Å². The van der Waals surface area contributed by atoms with Crippen LogP contribution in [0, 0.1) is 0 Å². The first-order chi connectivity index (χ1) is 8.12. The second-order valence-electron chi connectivity index (χ2n) is 4.59. The van der Waals surface area contributed by atoms with Crippen LogP contribution in [0.1, 0.15) is 18.4 Å². The van der Waals surface area contributed by atoms with Gasteiger partial charge in [0, 0.05) is 4.47 Å². The van der Waals surface area contributed by atoms with Gasteiger partial charge in [-0.1, -0.05) is 40.2 Å². The zero-order chi connectivity index (χ0) is 12.0. The first-order valence-electron chi connectivity index (χ1n) is 5.55. The fourth-order valence-corrected chi connectivity index (χ4v) is 2.64. The van der Waals surface area contributed by atoms with E-state index in [1.165, 1.54) is 0 Å². The van der Waals surface area contributed by atoms with Crippen LogP contribution < -0.4 is 0 Å². The van der Waals surface area contributed by atoms with E-state index >= 15 is 0 Å². The highest BCUT2D eigenvalue weighted by Crippen LogP contribution is 2.48. The minimum Gasteiger partial charge on any atom is -0.481 e. The van der Waals surface area contributed by atoms with Gasteiger partial charge in [-0.2, -0.15) is 0 Å². The summed E-state index contributed by atoms with van der Waals surface area (Å²) in [4.78, 5) is 11.3. The van der Waals surface area contributed by atoms with E-state index in [2.05, 4.69) is 15.9 Å². The van der Waals surface area contributed by atoms with Gasteiger partial charge < -0.3 is 5.11 Å². The Kier molecular flexibility index (Phi) is 2.26. The molecule has 17 heavy (non-hydrogen) atoms. The Balaban J connectivity index is 2.15. The third kappa shape index (κ3) is 1.65. The summed E-state index contributed by atoms with van der Waals surface area (Å²) in [6, 6.07) is 12.0. The number of carboxylic acid groups (broad SMARTS) is 1. The van der Waals surface area contributed by atoms with Gasteiger partial charge in [-0.25, -0.2) is 0 Å². The van der Waals surface area contributed by atoms with E-state index in [9.17, 15) is 9.90 Å². The van der Waals surface area contributed by atoms with E-state index in [1.54, 1.807) is 0 Å². The van der Waals surface area contributed by atoms with Gasteiger partial charge in [0.25, 0.3) is 0 Å². The molecule has 3 rings (SSSR count). The second kappa shape index (κ2) is 3.57. The molecule has 0 aromatic heterocycles. The first-order valence-corrected chi connectivity index (χ1v) is 6.34. The predicted molar refractivity (Wildman–Crippen MR) is 70.2 cm³/mol. The highest BCUT2D eigenvalue weighted by molar-refractivity contribution is 9.10. The molecule has 0 atom stereocenters. The summed E-state index contributed by atoms with van der Waals surface area (Å²) in [5.74, 6) is -0.700. The van der Waals surface area contributed by atoms with Crippen molar-refractivity contribution in [3.8, 4) is 0 Å². The SMILES string of the molecule is O=C(O)C1(c2ccc3cc(Br)ccc3c2)CC1. The number of carbonyl (C=O) groups is 1. The molecule has 0 amide bonds. The summed E-state index contributed by atoms with van der Waals surface area (Å²) in [5.41, 5.74) is 0.321. The van der Waals surface area contributed by atoms with Crippen molar-refractivity contribution in [1.29, 1.82) is 0 Å². The Morgan fingerprint density at radius 2 is 1.76 bits per heavy atom. The van der Waals surface area contributed by atoms with Gasteiger partial charge in [0.1, 0.15) is 0 Å². The lowest BCUT2D eigenvalue weighted by Crippen LogP contribution is -2.19. The minimum absolute atomic E-state index is 0.610. The minimum atomic E-state index is -0.700. The molecule has 3 heteroatoms. The maximum atomic E-state index is 11.3. The molecular formula is C14H11BrO2. The molecule has 1 aliphatic carbocycles. The van der Waals surface area contributed by atoms with Crippen LogP contribution in [-0.2, 0) is 10.2 Å². The molecule has 1 aliphatic rings. The highest BCUT2D eigenvalue weighted by Gasteiger charge is 2.51. The van der Waals surface area contributed by atoms with Gasteiger partial charge in [-0.05, 0) is 41.3 Å². The summed E-state index contributed by atoms with van der Waals surface area (Å²) >= 11 is 3.43. The van der Waals surface area contributed by atoms with Crippen LogP contribution >= 0.6 is 15.9 Å². The molecule has 0 aliphatic heterocycles. The van der Waals surface area contributed by atoms with Crippen LogP contribution in [0.4, 0.5) is 0 Å². The van der Waals surface area contributed by atoms with Crippen molar-refractivity contribution in [3.05, 3.63) is 46.4 Å². The summed E-state index contributed by atoms with van der Waals surface area (Å²) < 4.78 is 1.04. The Bertz CT molecular complexity index is 615. The van der Waals surface area contributed by atoms with Crippen LogP contribution in [0.3, 0.4) is 0 Å². The number of carboxylic acids is 1. The average molecular weight is 291 g/mol. The van der Waals surface area contributed by atoms with Crippen LogP contribution in [0.5, 0.6) is 0 Å². The van der Waals surface area contributed by atoms with E-state index < -0.39 is 11.4 Å². The highest BCUT2D eigenvalue weighted by atomic mass is 79.9. The van der Waals surface area contributed by atoms with Crippen molar-refractivity contribution < 1.29 is 9.90 Å². The second-order valence-corrected chi connectivity index (χ2v) is 5.51. The van der Waals surface area contributed by atoms with Crippen molar-refractivity contribution in [2.45, 2.75) is 18.3 Å². The largest absolute Gasteiger partial charge is 0.481 e. The molecule has 0 bridgehead atoms. The van der Waals surface area contributed by atoms with Crippen LogP contribution in [0.25, 0.3) is 10.8 Å². The van der Waals surface area contributed by atoms with Crippen LogP contribution in [0.15, 0.2) is 40.9 Å². The monoisotopic (exact) mass is 290 g/mol. The third-order valence-corrected chi connectivity index (χ3v) is 4.01. The lowest BCUT2D eigenvalue weighted by Gasteiger charge is -2.11. The smallest absolute Gasteiger partial charge is 0.314 e. The molecule has 0 spiro atoms. The predicted octanol–water partition coefficient (Wildman–Crippen LogP) is 3.72. The number of halogens is 1. The molecule has 2 aromatic rings. The molecule has 0 radical (unpaired) electrons. The van der Waals surface area contributed by atoms with E-state index in [0.717, 1.165) is 33.7 Å². The van der Waals surface area contributed by atoms with Gasteiger partial charge in [-0.3, -0.25) is 4.79 Å². The van der Waals surface area contributed by atoms with E-state index in [4.69, 9.17) is 0 Å². The van der Waals surface area contributed by atoms with Gasteiger partial charge in [0.05, 0.1) is 5.41 Å². The fourth-order valence-electron chi connectivity index (χ4n) is 2.27. The van der Waals surface area contributed by atoms with Crippen molar-refractivity contribution in [1.82, 2.24) is 0 Å². The van der Waals surface area contributed by atoms with Gasteiger partial charge >= 0.3 is 5.97 Å². The summed E-state index contributed by atoms with van der Waals surface area (Å²) in [6.07, 6.45) is 1.51. The molecule has 0 unspecified atom stereocenters. The Morgan fingerprint density at radius 1 is 1.12 bits per heavy atom. The van der Waals surface area contributed by atoms with Gasteiger partial charge in [0.2, 0.25) is 0 Å². The summed E-state index contributed by atoms with van der Waals surface area (Å²) in [6.45, 7) is 0. The van der Waals surface area contributed by atoms with Crippen LogP contribution in [0.2, 0.25) is 0 Å². The Morgan fingerprint density at radius 3 is 2.41 bits per heavy atom. The van der Waals surface area contributed by atoms with Gasteiger partial charge in [-0.15, -0.1) is 0 Å². The summed E-state index contributed by atoms with van der Waals surface area (Å²) in [7, 11) is 0. The number of hydrogen-bond acceptors (Lipinski definition) is 1. The Hall–Kier alpha value is -1.35. The molecule has 2 aromatic carbocycles. The topological polar surface area (TPSA) is 37.3 Å². The maximum absolute atomic E-state index is 11.3. The summed E-state index contributed by atoms with van der Waals surface area (Å²) in [5, 5.41) is 11.5. The van der Waals surface area contributed by atoms with E-state index in [-0.39, 0.29) is 0 Å². The molecule has 86 valence electrons. The Labute approximate surface area is 107 Å². The molecule has 0 heterocycles. The zero-order valence-corrected chi connectivity index (χ0v) is 10.7. The van der Waals surface area contributed by atoms with Crippen molar-refractivity contribution in [2.24, 2.45) is 0 Å². The maximum Gasteiger partial charge on any atom is 0.314 e. The standard InChI is InChI=1S/C14H11BrO2/c15-12-4-2-9-7-11(3-1-10(9)8-12)14(5-6-14)13(16)17/h1-4,7-8H,5-6H2,(H,16,17). The van der Waals surface area contributed by atoms with Crippen LogP contribution in [-0.4, -0.2) is 11.1 Å². The van der Waals surface area contributed by atoms with Crippen molar-refractivity contribution in [2.75, 3.05) is 0 Å². The average Bonchev–Trinajstić information content (AvgIpc) is 3.09. The number of benzene rings is 2. The van der Waals surface area contributed by atoms with Crippen molar-refractivity contribution >= 4 is 32.7 Å². The van der Waals surface area contributed by atoms with E-state index in [0.29, 0.717) is 0 Å². The molecule has 1 saturated carbocycles. The lowest BCUT2D eigenvalue weighted by molar-refractivity contribution is -0.140. The molecule has 0 saturated heterocycles. The zero-order valence-electron chi connectivity index (χ0n) is 9.11. The number of hydrogen-bond donors (Lipinski definition) is 1. The number of rotatable bonds is 2. The first kappa shape index (κ1) is 10.8. The normalized spacial score (nSPS) is 17.0. The molecule has 2 nitrogen and oxygen atoms in total. The van der Waals surface area contributed by atoms with Crippen molar-refractivity contribution in [3.63, 3.8) is 0 Å². The number of fused-ring (bicyclic) bond motifs is 1. The molecule has 1 fully saturated rings. The molecular weight excluding hydrogens is 280 g/mol. The number of aliphatic carboxylic acids is 1. The lowest BCUT2D eigenvalue weighted by atomic mass is 9.94. The quantitative estimate of drug-likeness (QED) is 0.915. The molecule has 1 N–H and O–H groups in total. The van der Waals surface area contributed by atoms with E-state index in [1.807, 2.05) is 36.4 Å². The third-order valence-electron chi connectivity index (χ3n) is 3.51.